The first-order valence-electron chi connectivity index (χ1n) is 4.32. The second-order valence-corrected chi connectivity index (χ2v) is 3.55. The quantitative estimate of drug-likeness (QED) is 0.556. The van der Waals surface area contributed by atoms with Gasteiger partial charge in [0, 0.05) is 11.9 Å². The summed E-state index contributed by atoms with van der Waals surface area (Å²) in [5, 5.41) is 5.15. The Morgan fingerprint density at radius 1 is 1.17 bits per heavy atom. The smallest absolute Gasteiger partial charge is 0.137 e. The molecular formula is C8H14BrN3. The summed E-state index contributed by atoms with van der Waals surface area (Å²) in [7, 11) is 0. The number of rotatable bonds is 6. The van der Waals surface area contributed by atoms with Gasteiger partial charge >= 0.3 is 0 Å². The minimum absolute atomic E-state index is 1.00. The topological polar surface area (TPSA) is 30.7 Å². The summed E-state index contributed by atoms with van der Waals surface area (Å²) >= 11 is 3.41. The summed E-state index contributed by atoms with van der Waals surface area (Å²) in [6.45, 7) is 1.00. The number of aryl methyl sites for hydroxylation is 1. The fourth-order valence-electron chi connectivity index (χ4n) is 1.07. The zero-order valence-corrected chi connectivity index (χ0v) is 8.70. The van der Waals surface area contributed by atoms with Crippen molar-refractivity contribution in [1.29, 1.82) is 0 Å². The number of unbranched alkanes of at least 4 members (excludes halogenated alkanes) is 3. The summed E-state index contributed by atoms with van der Waals surface area (Å²) in [6, 6.07) is 0. The Morgan fingerprint density at radius 3 is 2.67 bits per heavy atom. The molecule has 0 aliphatic heterocycles. The highest BCUT2D eigenvalue weighted by atomic mass is 79.9. The highest BCUT2D eigenvalue weighted by Gasteiger charge is 1.91. The van der Waals surface area contributed by atoms with Gasteiger partial charge in [-0.2, -0.15) is 5.10 Å². The van der Waals surface area contributed by atoms with Gasteiger partial charge in [0.25, 0.3) is 0 Å². The first-order valence-corrected chi connectivity index (χ1v) is 5.44. The molecule has 0 aliphatic rings. The van der Waals surface area contributed by atoms with E-state index in [0.717, 1.165) is 11.9 Å². The first kappa shape index (κ1) is 9.71. The summed E-state index contributed by atoms with van der Waals surface area (Å²) in [6.07, 6.45) is 8.42. The van der Waals surface area contributed by atoms with Crippen LogP contribution >= 0.6 is 15.9 Å². The number of alkyl halides is 1. The molecule has 0 aliphatic carbocycles. The lowest BCUT2D eigenvalue weighted by Crippen LogP contribution is -1.97. The van der Waals surface area contributed by atoms with Gasteiger partial charge in [0.2, 0.25) is 0 Å². The molecule has 0 bridgehead atoms. The van der Waals surface area contributed by atoms with Gasteiger partial charge in [0.15, 0.2) is 0 Å². The Kier molecular flexibility index (Phi) is 4.99. The Morgan fingerprint density at radius 2 is 2.00 bits per heavy atom. The highest BCUT2D eigenvalue weighted by molar-refractivity contribution is 9.09. The number of nitrogens with zero attached hydrogens (tertiary/aromatic N) is 3. The van der Waals surface area contributed by atoms with Crippen LogP contribution < -0.4 is 0 Å². The zero-order valence-electron chi connectivity index (χ0n) is 7.12. The van der Waals surface area contributed by atoms with E-state index in [4.69, 9.17) is 0 Å². The molecule has 0 aromatic carbocycles. The molecule has 0 unspecified atom stereocenters. The van der Waals surface area contributed by atoms with Gasteiger partial charge in [0.1, 0.15) is 12.7 Å². The molecule has 0 saturated heterocycles. The van der Waals surface area contributed by atoms with Crippen molar-refractivity contribution in [3.05, 3.63) is 12.7 Å². The lowest BCUT2D eigenvalue weighted by Gasteiger charge is -1.99. The Hall–Kier alpha value is -0.380. The van der Waals surface area contributed by atoms with Crippen molar-refractivity contribution in [2.24, 2.45) is 0 Å². The summed E-state index contributed by atoms with van der Waals surface area (Å²) in [5.74, 6) is 0. The predicted octanol–water partition coefficient (Wildman–Crippen LogP) is 2.23. The van der Waals surface area contributed by atoms with Crippen LogP contribution in [0.2, 0.25) is 0 Å². The molecule has 1 aromatic heterocycles. The van der Waals surface area contributed by atoms with E-state index >= 15 is 0 Å². The van der Waals surface area contributed by atoms with Crippen molar-refractivity contribution in [2.75, 3.05) is 5.33 Å². The average Bonchev–Trinajstić information content (AvgIpc) is 2.57. The van der Waals surface area contributed by atoms with Crippen molar-refractivity contribution in [2.45, 2.75) is 32.2 Å². The minimum Gasteiger partial charge on any atom is -0.253 e. The highest BCUT2D eigenvalue weighted by Crippen LogP contribution is 2.02. The van der Waals surface area contributed by atoms with Crippen LogP contribution in [0.3, 0.4) is 0 Å². The molecule has 0 N–H and O–H groups in total. The van der Waals surface area contributed by atoms with E-state index in [9.17, 15) is 0 Å². The second-order valence-electron chi connectivity index (χ2n) is 2.76. The Balaban J connectivity index is 1.96. The molecular weight excluding hydrogens is 218 g/mol. The molecule has 3 nitrogen and oxygen atoms in total. The van der Waals surface area contributed by atoms with Crippen LogP contribution in [0, 0.1) is 0 Å². The molecule has 0 fully saturated rings. The van der Waals surface area contributed by atoms with Crippen LogP contribution in [0.4, 0.5) is 0 Å². The summed E-state index contributed by atoms with van der Waals surface area (Å²) < 4.78 is 1.88. The zero-order chi connectivity index (χ0) is 8.65. The van der Waals surface area contributed by atoms with E-state index in [-0.39, 0.29) is 0 Å². The van der Waals surface area contributed by atoms with Crippen molar-refractivity contribution in [3.8, 4) is 0 Å². The summed E-state index contributed by atoms with van der Waals surface area (Å²) in [5.41, 5.74) is 0. The van der Waals surface area contributed by atoms with Gasteiger partial charge in [-0.15, -0.1) is 0 Å². The number of halogens is 1. The van der Waals surface area contributed by atoms with Gasteiger partial charge < -0.3 is 0 Å². The molecule has 0 atom stereocenters. The average molecular weight is 232 g/mol. The molecule has 0 saturated carbocycles. The van der Waals surface area contributed by atoms with Crippen LogP contribution in [0.15, 0.2) is 12.7 Å². The fourth-order valence-corrected chi connectivity index (χ4v) is 1.47. The van der Waals surface area contributed by atoms with Gasteiger partial charge in [0.05, 0.1) is 0 Å². The fraction of sp³-hybridized carbons (Fsp3) is 0.750. The molecule has 1 heterocycles. The van der Waals surface area contributed by atoms with Crippen LogP contribution in [0.25, 0.3) is 0 Å². The largest absolute Gasteiger partial charge is 0.253 e. The molecule has 0 spiro atoms. The van der Waals surface area contributed by atoms with Crippen LogP contribution in [-0.2, 0) is 6.54 Å². The predicted molar refractivity (Wildman–Crippen MR) is 52.3 cm³/mol. The first-order chi connectivity index (χ1) is 5.93. The van der Waals surface area contributed by atoms with E-state index in [1.807, 2.05) is 4.68 Å². The third kappa shape index (κ3) is 3.85. The Bertz CT molecular complexity index is 186. The second kappa shape index (κ2) is 6.17. The monoisotopic (exact) mass is 231 g/mol. The van der Waals surface area contributed by atoms with Gasteiger partial charge in [-0.3, -0.25) is 4.68 Å². The van der Waals surface area contributed by atoms with E-state index in [2.05, 4.69) is 26.0 Å². The van der Waals surface area contributed by atoms with Crippen molar-refractivity contribution < 1.29 is 0 Å². The minimum atomic E-state index is 1.00. The summed E-state index contributed by atoms with van der Waals surface area (Å²) in [4.78, 5) is 3.88. The molecule has 0 radical (unpaired) electrons. The van der Waals surface area contributed by atoms with Crippen molar-refractivity contribution in [3.63, 3.8) is 0 Å². The maximum atomic E-state index is 4.03. The number of hydrogen-bond donors (Lipinski definition) is 0. The molecule has 1 rings (SSSR count). The SMILES string of the molecule is BrCCCCCCn1cncn1. The normalized spacial score (nSPS) is 10.4. The van der Waals surface area contributed by atoms with E-state index in [1.54, 1.807) is 12.7 Å². The van der Waals surface area contributed by atoms with Crippen LogP contribution in [-0.4, -0.2) is 20.1 Å². The van der Waals surface area contributed by atoms with Crippen LogP contribution in [0.5, 0.6) is 0 Å². The van der Waals surface area contributed by atoms with E-state index in [1.165, 1.54) is 25.7 Å². The molecule has 4 heteroatoms. The Labute approximate surface area is 81.3 Å². The van der Waals surface area contributed by atoms with Crippen LogP contribution in [0.1, 0.15) is 25.7 Å². The third-order valence-electron chi connectivity index (χ3n) is 1.74. The van der Waals surface area contributed by atoms with Crippen molar-refractivity contribution in [1.82, 2.24) is 14.8 Å². The van der Waals surface area contributed by atoms with Gasteiger partial charge in [-0.1, -0.05) is 28.8 Å². The third-order valence-corrected chi connectivity index (χ3v) is 2.30. The lowest BCUT2D eigenvalue weighted by molar-refractivity contribution is 0.541. The van der Waals surface area contributed by atoms with Gasteiger partial charge in [-0.25, -0.2) is 4.98 Å². The van der Waals surface area contributed by atoms with E-state index in [0.29, 0.717) is 0 Å². The molecule has 1 aromatic rings. The maximum absolute atomic E-state index is 4.03. The molecule has 0 amide bonds. The standard InChI is InChI=1S/C8H14BrN3/c9-5-3-1-2-4-6-12-8-10-7-11-12/h7-8H,1-6H2. The molecule has 68 valence electrons. The lowest BCUT2D eigenvalue weighted by atomic mass is 10.2. The van der Waals surface area contributed by atoms with E-state index < -0.39 is 0 Å². The molecule has 12 heavy (non-hydrogen) atoms. The maximum Gasteiger partial charge on any atom is 0.137 e. The van der Waals surface area contributed by atoms with Gasteiger partial charge in [-0.05, 0) is 12.8 Å². The number of hydrogen-bond acceptors (Lipinski definition) is 2. The van der Waals surface area contributed by atoms with Crippen molar-refractivity contribution >= 4 is 15.9 Å². The number of aromatic nitrogens is 3.